The molecule has 32 heavy (non-hydrogen) atoms. The zero-order valence-corrected chi connectivity index (χ0v) is 21.9. The van der Waals surface area contributed by atoms with Crippen LogP contribution in [-0.2, 0) is 13.1 Å². The molecule has 0 amide bonds. The number of aryl methyl sites for hydroxylation is 2. The highest BCUT2D eigenvalue weighted by atomic mass is 15.1. The van der Waals surface area contributed by atoms with Crippen LogP contribution in [-0.4, -0.2) is 16.4 Å². The maximum absolute atomic E-state index is 3.58. The number of benzene rings is 2. The molecule has 0 spiro atoms. The lowest BCUT2D eigenvalue weighted by Crippen LogP contribution is -2.22. The number of nitrogens with zero attached hydrogens (tertiary/aromatic N) is 1. The largest absolute Gasteiger partial charge is 0.357 e. The van der Waals surface area contributed by atoms with Gasteiger partial charge in [-0.25, -0.2) is 0 Å². The zero-order valence-electron chi connectivity index (χ0n) is 21.9. The molecule has 0 bridgehead atoms. The molecule has 3 rings (SSSR count). The monoisotopic (exact) mass is 436 g/mol. The first kappa shape index (κ1) is 28.0. The van der Waals surface area contributed by atoms with Gasteiger partial charge in [-0.15, -0.1) is 0 Å². The number of aromatic amines is 1. The molecule has 2 heteroatoms. The Hall–Kier alpha value is -2.06. The highest BCUT2D eigenvalue weighted by Crippen LogP contribution is 2.23. The van der Waals surface area contributed by atoms with Crippen molar-refractivity contribution in [1.82, 2.24) is 9.88 Å². The summed E-state index contributed by atoms with van der Waals surface area (Å²) in [5.74, 6) is 0. The third-order valence-corrected chi connectivity index (χ3v) is 5.88. The fourth-order valence-corrected chi connectivity index (χ4v) is 3.80. The lowest BCUT2D eigenvalue weighted by Gasteiger charge is -2.20. The Bertz CT molecular complexity index is 839. The van der Waals surface area contributed by atoms with E-state index >= 15 is 0 Å². The van der Waals surface area contributed by atoms with Crippen LogP contribution in [0.4, 0.5) is 0 Å². The van der Waals surface area contributed by atoms with Crippen LogP contribution in [0.1, 0.15) is 95.5 Å². The number of aromatic nitrogens is 1. The predicted molar refractivity (Wildman–Crippen MR) is 144 cm³/mol. The van der Waals surface area contributed by atoms with E-state index in [2.05, 4.69) is 93.0 Å². The number of unbranched alkanes of at least 4 members (excludes halogenated alkanes) is 5. The molecular formula is C30H48N2. The van der Waals surface area contributed by atoms with Gasteiger partial charge in [0.05, 0.1) is 0 Å². The van der Waals surface area contributed by atoms with Crippen LogP contribution in [0.2, 0.25) is 0 Å². The summed E-state index contributed by atoms with van der Waals surface area (Å²) in [4.78, 5) is 6.06. The third-order valence-electron chi connectivity index (χ3n) is 5.88. The zero-order chi connectivity index (χ0) is 23.8. The van der Waals surface area contributed by atoms with E-state index in [0.717, 1.165) is 19.6 Å². The van der Waals surface area contributed by atoms with Gasteiger partial charge in [0.1, 0.15) is 0 Å². The van der Waals surface area contributed by atoms with E-state index in [4.69, 9.17) is 0 Å². The maximum Gasteiger partial charge on any atom is 0.0459 e. The van der Waals surface area contributed by atoms with Crippen LogP contribution in [0.3, 0.4) is 0 Å². The Morgan fingerprint density at radius 2 is 1.31 bits per heavy atom. The van der Waals surface area contributed by atoms with E-state index in [0.29, 0.717) is 0 Å². The molecule has 0 radical (unpaired) electrons. The standard InChI is InChI=1S/C20H24N2.C8H18.C2H6/c1-4-22(13-17-11-9-15(2)10-12-17)14-20-16(3)18-7-5-6-8-19(18)21-20;1-3-5-7-8-6-4-2;1-2/h5-12,21H,4,13-14H2,1-3H3;3-8H2,1-2H3;1-2H3. The normalized spacial score (nSPS) is 10.5. The van der Waals surface area contributed by atoms with Gasteiger partial charge in [0.25, 0.3) is 0 Å². The topological polar surface area (TPSA) is 19.0 Å². The minimum atomic E-state index is 0.963. The van der Waals surface area contributed by atoms with Crippen LogP contribution in [0.25, 0.3) is 10.9 Å². The number of nitrogens with one attached hydrogen (secondary N) is 1. The Morgan fingerprint density at radius 1 is 0.719 bits per heavy atom. The first-order chi connectivity index (χ1) is 15.6. The van der Waals surface area contributed by atoms with Crippen molar-refractivity contribution in [2.75, 3.05) is 6.54 Å². The molecule has 0 saturated heterocycles. The van der Waals surface area contributed by atoms with E-state index in [9.17, 15) is 0 Å². The summed E-state index contributed by atoms with van der Waals surface area (Å²) < 4.78 is 0. The highest BCUT2D eigenvalue weighted by molar-refractivity contribution is 5.84. The minimum absolute atomic E-state index is 0.963. The van der Waals surface area contributed by atoms with Crippen molar-refractivity contribution in [3.63, 3.8) is 0 Å². The number of para-hydroxylation sites is 1. The summed E-state index contributed by atoms with van der Waals surface area (Å²) in [6, 6.07) is 17.4. The van der Waals surface area contributed by atoms with Crippen LogP contribution in [0.5, 0.6) is 0 Å². The van der Waals surface area contributed by atoms with E-state index < -0.39 is 0 Å². The summed E-state index contributed by atoms with van der Waals surface area (Å²) >= 11 is 0. The molecule has 0 aliphatic rings. The SMILES string of the molecule is CC.CCCCCCCC.CCN(Cc1ccc(C)cc1)Cc1[nH]c2ccccc2c1C. The van der Waals surface area contributed by atoms with Crippen molar-refractivity contribution in [3.8, 4) is 0 Å². The fourth-order valence-electron chi connectivity index (χ4n) is 3.80. The summed E-state index contributed by atoms with van der Waals surface area (Å²) in [6.07, 6.45) is 8.49. The average Bonchev–Trinajstić information content (AvgIpc) is 3.15. The Morgan fingerprint density at radius 3 is 1.84 bits per heavy atom. The molecule has 0 atom stereocenters. The van der Waals surface area contributed by atoms with Gasteiger partial charge in [0.15, 0.2) is 0 Å². The second-order valence-corrected chi connectivity index (χ2v) is 8.48. The molecule has 1 N–H and O–H groups in total. The second-order valence-electron chi connectivity index (χ2n) is 8.48. The van der Waals surface area contributed by atoms with Crippen LogP contribution >= 0.6 is 0 Å². The summed E-state index contributed by atoms with van der Waals surface area (Å²) in [7, 11) is 0. The Balaban J connectivity index is 0.000000436. The molecule has 178 valence electrons. The fraction of sp³-hybridized carbons (Fsp3) is 0.533. The smallest absolute Gasteiger partial charge is 0.0459 e. The van der Waals surface area contributed by atoms with Crippen LogP contribution < -0.4 is 0 Å². The molecule has 0 unspecified atom stereocenters. The number of H-pyrrole nitrogens is 1. The summed E-state index contributed by atoms with van der Waals surface area (Å²) in [5, 5.41) is 1.34. The first-order valence-corrected chi connectivity index (χ1v) is 12.9. The quantitative estimate of drug-likeness (QED) is 0.314. The molecule has 1 aromatic heterocycles. The predicted octanol–water partition coefficient (Wildman–Crippen LogP) is 9.20. The van der Waals surface area contributed by atoms with Gasteiger partial charge in [0.2, 0.25) is 0 Å². The van der Waals surface area contributed by atoms with E-state index in [-0.39, 0.29) is 0 Å². The van der Waals surface area contributed by atoms with Crippen molar-refractivity contribution < 1.29 is 0 Å². The van der Waals surface area contributed by atoms with Crippen molar-refractivity contribution in [3.05, 3.63) is 70.9 Å². The lowest BCUT2D eigenvalue weighted by atomic mass is 10.1. The van der Waals surface area contributed by atoms with Crippen molar-refractivity contribution in [2.45, 2.75) is 100 Å². The molecule has 0 saturated carbocycles. The average molecular weight is 437 g/mol. The molecule has 0 aliphatic heterocycles. The van der Waals surface area contributed by atoms with Gasteiger partial charge in [-0.05, 0) is 37.6 Å². The molecule has 3 aromatic rings. The van der Waals surface area contributed by atoms with Gasteiger partial charge in [-0.1, -0.05) is 121 Å². The van der Waals surface area contributed by atoms with E-state index in [1.807, 2.05) is 13.8 Å². The first-order valence-electron chi connectivity index (χ1n) is 12.9. The second kappa shape index (κ2) is 16.6. The van der Waals surface area contributed by atoms with Crippen LogP contribution in [0, 0.1) is 13.8 Å². The summed E-state index contributed by atoms with van der Waals surface area (Å²) in [5.41, 5.74) is 6.63. The minimum Gasteiger partial charge on any atom is -0.357 e. The highest BCUT2D eigenvalue weighted by Gasteiger charge is 2.11. The van der Waals surface area contributed by atoms with Crippen molar-refractivity contribution >= 4 is 10.9 Å². The lowest BCUT2D eigenvalue weighted by molar-refractivity contribution is 0.268. The van der Waals surface area contributed by atoms with Gasteiger partial charge in [0, 0.05) is 29.7 Å². The van der Waals surface area contributed by atoms with Gasteiger partial charge in [-0.3, -0.25) is 4.90 Å². The third kappa shape index (κ3) is 9.61. The van der Waals surface area contributed by atoms with E-state index in [1.165, 1.54) is 71.8 Å². The number of hydrogen-bond donors (Lipinski definition) is 1. The molecule has 1 heterocycles. The molecule has 0 fully saturated rings. The Labute approximate surface area is 198 Å². The van der Waals surface area contributed by atoms with Crippen molar-refractivity contribution in [1.29, 1.82) is 0 Å². The van der Waals surface area contributed by atoms with Crippen LogP contribution in [0.15, 0.2) is 48.5 Å². The maximum atomic E-state index is 3.58. The molecule has 2 aromatic carbocycles. The number of rotatable bonds is 10. The molecule has 0 aliphatic carbocycles. The van der Waals surface area contributed by atoms with Gasteiger partial charge in [-0.2, -0.15) is 0 Å². The number of fused-ring (bicyclic) bond motifs is 1. The Kier molecular flexibility index (Phi) is 14.5. The van der Waals surface area contributed by atoms with Gasteiger partial charge < -0.3 is 4.98 Å². The van der Waals surface area contributed by atoms with Crippen molar-refractivity contribution in [2.24, 2.45) is 0 Å². The van der Waals surface area contributed by atoms with E-state index in [1.54, 1.807) is 0 Å². The molecule has 2 nitrogen and oxygen atoms in total. The summed E-state index contributed by atoms with van der Waals surface area (Å²) in [6.45, 7) is 18.1. The molecular weight excluding hydrogens is 388 g/mol. The van der Waals surface area contributed by atoms with Gasteiger partial charge >= 0.3 is 0 Å². The number of hydrogen-bond acceptors (Lipinski definition) is 1.